The summed E-state index contributed by atoms with van der Waals surface area (Å²) >= 11 is 0. The van der Waals surface area contributed by atoms with Crippen LogP contribution < -0.4 is 15.2 Å². The Kier molecular flexibility index (Phi) is 4.59. The Balaban J connectivity index is 1.68. The van der Waals surface area contributed by atoms with Gasteiger partial charge in [0.15, 0.2) is 0 Å². The summed E-state index contributed by atoms with van der Waals surface area (Å²) in [6, 6.07) is 7.52. The molecule has 0 spiro atoms. The Hall–Kier alpha value is -2.78. The van der Waals surface area contributed by atoms with Crippen LogP contribution in [-0.4, -0.2) is 49.5 Å². The Morgan fingerprint density at radius 2 is 1.90 bits per heavy atom. The number of aromatic nitrogens is 2. The topological polar surface area (TPSA) is 96.4 Å². The molecule has 2 aromatic heterocycles. The molecule has 0 amide bonds. The first kappa shape index (κ1) is 19.2. The van der Waals surface area contributed by atoms with Crippen LogP contribution >= 0.6 is 0 Å². The van der Waals surface area contributed by atoms with E-state index in [1.165, 1.54) is 0 Å². The number of ether oxygens (including phenoxy) is 1. The Morgan fingerprint density at radius 1 is 1.13 bits per heavy atom. The number of H-pyrrole nitrogens is 1. The zero-order chi connectivity index (χ0) is 20.9. The maximum atomic E-state index is 12.5. The molecular formula is C21H24N4O4S. The molecule has 9 heteroatoms. The van der Waals surface area contributed by atoms with E-state index in [0.717, 1.165) is 35.3 Å². The predicted molar refractivity (Wildman–Crippen MR) is 118 cm³/mol. The van der Waals surface area contributed by atoms with Crippen molar-refractivity contribution in [2.45, 2.75) is 18.1 Å². The molecule has 1 aliphatic heterocycles. The van der Waals surface area contributed by atoms with E-state index in [1.54, 1.807) is 17.8 Å². The van der Waals surface area contributed by atoms with Crippen LogP contribution in [0.15, 0.2) is 41.5 Å². The van der Waals surface area contributed by atoms with Gasteiger partial charge in [0, 0.05) is 60.4 Å². The van der Waals surface area contributed by atoms with Gasteiger partial charge in [-0.2, -0.15) is 0 Å². The number of anilines is 2. The lowest BCUT2D eigenvalue weighted by atomic mass is 10.00. The van der Waals surface area contributed by atoms with Crippen LogP contribution in [0.4, 0.5) is 11.4 Å². The third-order valence-corrected chi connectivity index (χ3v) is 7.63. The summed E-state index contributed by atoms with van der Waals surface area (Å²) in [6.45, 7) is 2.79. The van der Waals surface area contributed by atoms with Crippen molar-refractivity contribution in [1.82, 2.24) is 9.55 Å². The fraction of sp³-hybridized carbons (Fsp3) is 0.381. The number of fused-ring (bicyclic) bond motifs is 1. The molecule has 1 aromatic carbocycles. The second-order valence-electron chi connectivity index (χ2n) is 7.90. The van der Waals surface area contributed by atoms with Crippen LogP contribution in [0.5, 0.6) is 0 Å². The van der Waals surface area contributed by atoms with Gasteiger partial charge in [0.2, 0.25) is 10.0 Å². The smallest absolute Gasteiger partial charge is 0.274 e. The second kappa shape index (κ2) is 7.17. The van der Waals surface area contributed by atoms with Gasteiger partial charge in [0.05, 0.1) is 18.5 Å². The van der Waals surface area contributed by atoms with Crippen LogP contribution in [0.3, 0.4) is 0 Å². The van der Waals surface area contributed by atoms with Crippen molar-refractivity contribution in [3.8, 4) is 11.1 Å². The average Bonchev–Trinajstić information content (AvgIpc) is 3.50. The zero-order valence-corrected chi connectivity index (χ0v) is 17.5. The van der Waals surface area contributed by atoms with E-state index in [4.69, 9.17) is 4.74 Å². The molecule has 0 atom stereocenters. The molecule has 2 aliphatic rings. The Bertz CT molecular complexity index is 1270. The van der Waals surface area contributed by atoms with Crippen molar-refractivity contribution in [3.05, 3.63) is 47.0 Å². The maximum Gasteiger partial charge on any atom is 0.274 e. The van der Waals surface area contributed by atoms with Crippen LogP contribution in [-0.2, 0) is 21.8 Å². The summed E-state index contributed by atoms with van der Waals surface area (Å²) in [7, 11) is -1.65. The molecule has 158 valence electrons. The van der Waals surface area contributed by atoms with Crippen molar-refractivity contribution in [2.75, 3.05) is 35.9 Å². The van der Waals surface area contributed by atoms with E-state index in [1.807, 2.05) is 30.5 Å². The van der Waals surface area contributed by atoms with E-state index >= 15 is 0 Å². The highest BCUT2D eigenvalue weighted by Crippen LogP contribution is 2.38. The largest absolute Gasteiger partial charge is 0.378 e. The number of aryl methyl sites for hydroxylation is 1. The van der Waals surface area contributed by atoms with Gasteiger partial charge >= 0.3 is 0 Å². The lowest BCUT2D eigenvalue weighted by Gasteiger charge is -2.31. The first-order valence-electron chi connectivity index (χ1n) is 10.1. The van der Waals surface area contributed by atoms with Gasteiger partial charge in [-0.15, -0.1) is 0 Å². The summed E-state index contributed by atoms with van der Waals surface area (Å²) in [6.07, 6.45) is 4.98. The summed E-state index contributed by atoms with van der Waals surface area (Å²) in [5, 5.41) is 0.517. The van der Waals surface area contributed by atoms with E-state index in [0.29, 0.717) is 37.3 Å². The molecule has 1 saturated heterocycles. The zero-order valence-electron chi connectivity index (χ0n) is 16.7. The molecule has 30 heavy (non-hydrogen) atoms. The molecule has 0 unspecified atom stereocenters. The first-order valence-corrected chi connectivity index (χ1v) is 11.6. The first-order chi connectivity index (χ1) is 14.4. The minimum atomic E-state index is -3.37. The Morgan fingerprint density at radius 3 is 2.63 bits per heavy atom. The number of hydrogen-bond donors (Lipinski definition) is 2. The number of morpholine rings is 1. The quantitative estimate of drug-likeness (QED) is 0.650. The highest BCUT2D eigenvalue weighted by atomic mass is 32.2. The van der Waals surface area contributed by atoms with E-state index in [9.17, 15) is 13.2 Å². The molecule has 1 aliphatic carbocycles. The fourth-order valence-corrected chi connectivity index (χ4v) is 5.38. The van der Waals surface area contributed by atoms with Crippen molar-refractivity contribution in [1.29, 1.82) is 0 Å². The molecular weight excluding hydrogens is 404 g/mol. The number of aromatic amines is 1. The lowest BCUT2D eigenvalue weighted by Crippen LogP contribution is -2.36. The molecule has 0 bridgehead atoms. The third kappa shape index (κ3) is 3.37. The summed E-state index contributed by atoms with van der Waals surface area (Å²) in [4.78, 5) is 17.8. The highest BCUT2D eigenvalue weighted by molar-refractivity contribution is 7.93. The number of pyridine rings is 1. The van der Waals surface area contributed by atoms with Gasteiger partial charge in [-0.05, 0) is 37.1 Å². The van der Waals surface area contributed by atoms with Crippen molar-refractivity contribution < 1.29 is 13.2 Å². The van der Waals surface area contributed by atoms with E-state index in [2.05, 4.69) is 14.6 Å². The number of sulfonamides is 1. The molecule has 0 radical (unpaired) electrons. The van der Waals surface area contributed by atoms with Gasteiger partial charge < -0.3 is 19.2 Å². The number of hydrogen-bond acceptors (Lipinski definition) is 5. The molecule has 5 rings (SSSR count). The number of nitrogens with zero attached hydrogens (tertiary/aromatic N) is 2. The van der Waals surface area contributed by atoms with Crippen LogP contribution in [0.1, 0.15) is 12.8 Å². The number of benzene rings is 1. The average molecular weight is 429 g/mol. The summed E-state index contributed by atoms with van der Waals surface area (Å²) in [5.74, 6) is 0. The predicted octanol–water partition coefficient (Wildman–Crippen LogP) is 2.27. The molecule has 3 heterocycles. The number of rotatable bonds is 5. The maximum absolute atomic E-state index is 12.5. The molecule has 1 saturated carbocycles. The Labute approximate surface area is 174 Å². The van der Waals surface area contributed by atoms with Crippen molar-refractivity contribution in [2.24, 2.45) is 7.05 Å². The molecule has 2 N–H and O–H groups in total. The van der Waals surface area contributed by atoms with Gasteiger partial charge in [0.1, 0.15) is 5.52 Å². The molecule has 2 fully saturated rings. The third-order valence-electron chi connectivity index (χ3n) is 5.76. The van der Waals surface area contributed by atoms with Crippen LogP contribution in [0, 0.1) is 0 Å². The van der Waals surface area contributed by atoms with Crippen LogP contribution in [0.2, 0.25) is 0 Å². The van der Waals surface area contributed by atoms with Gasteiger partial charge in [-0.3, -0.25) is 9.52 Å². The van der Waals surface area contributed by atoms with E-state index in [-0.39, 0.29) is 10.8 Å². The summed E-state index contributed by atoms with van der Waals surface area (Å²) in [5.41, 5.74) is 3.72. The summed E-state index contributed by atoms with van der Waals surface area (Å²) < 4.78 is 34.7. The SMILES string of the molecule is Cn1cc(-c2cc(NS(=O)(=O)C3CC3)ccc2N2CCOCC2)c2cc[nH]c2c1=O. The molecule has 8 nitrogen and oxygen atoms in total. The van der Waals surface area contributed by atoms with Gasteiger partial charge in [0.25, 0.3) is 5.56 Å². The normalized spacial score (nSPS) is 17.4. The minimum Gasteiger partial charge on any atom is -0.378 e. The standard InChI is InChI=1S/C21H24N4O4S/c1-24-13-18(16-6-7-22-20(16)21(24)26)17-12-14(23-30(27,28)15-3-4-15)2-5-19(17)25-8-10-29-11-9-25/h2,5-7,12-13,15,22-23H,3-4,8-11H2,1H3. The monoisotopic (exact) mass is 428 g/mol. The second-order valence-corrected chi connectivity index (χ2v) is 9.86. The van der Waals surface area contributed by atoms with Crippen molar-refractivity contribution in [3.63, 3.8) is 0 Å². The lowest BCUT2D eigenvalue weighted by molar-refractivity contribution is 0.123. The minimum absolute atomic E-state index is 0.0998. The van der Waals surface area contributed by atoms with Crippen molar-refractivity contribution >= 4 is 32.3 Å². The highest BCUT2D eigenvalue weighted by Gasteiger charge is 2.35. The van der Waals surface area contributed by atoms with Gasteiger partial charge in [-0.25, -0.2) is 8.42 Å². The van der Waals surface area contributed by atoms with E-state index < -0.39 is 10.0 Å². The van der Waals surface area contributed by atoms with Gasteiger partial charge in [-0.1, -0.05) is 0 Å². The molecule has 3 aromatic rings. The number of nitrogens with one attached hydrogen (secondary N) is 2. The van der Waals surface area contributed by atoms with Crippen LogP contribution in [0.25, 0.3) is 22.0 Å². The fourth-order valence-electron chi connectivity index (χ4n) is 4.00.